The zero-order valence-corrected chi connectivity index (χ0v) is 15.1. The lowest BCUT2D eigenvalue weighted by Crippen LogP contribution is -2.41. The Morgan fingerprint density at radius 3 is 2.62 bits per heavy atom. The molecule has 3 rings (SSSR count). The molecule has 0 unspecified atom stereocenters. The summed E-state index contributed by atoms with van der Waals surface area (Å²) in [5, 5.41) is 1.14. The standard InChI is InChI=1S/C15H10BrClN2O4S/c16-11-3-1-2-4-14(11)24(21,22)19-18-15(20)13-8-9-7-10(17)5-6-12(9)23-13/h1-8,19H,(H,18,20). The number of benzene rings is 2. The van der Waals surface area contributed by atoms with Gasteiger partial charge in [0.15, 0.2) is 5.76 Å². The van der Waals surface area contributed by atoms with Gasteiger partial charge in [-0.2, -0.15) is 0 Å². The molecule has 9 heteroatoms. The van der Waals surface area contributed by atoms with Gasteiger partial charge in [0.1, 0.15) is 5.58 Å². The van der Waals surface area contributed by atoms with Crippen LogP contribution in [0.2, 0.25) is 5.02 Å². The van der Waals surface area contributed by atoms with Gasteiger partial charge in [-0.25, -0.2) is 8.42 Å². The van der Waals surface area contributed by atoms with Crippen molar-refractivity contribution in [1.82, 2.24) is 10.3 Å². The summed E-state index contributed by atoms with van der Waals surface area (Å²) >= 11 is 9.02. The second-order valence-corrected chi connectivity index (χ2v) is 7.72. The second kappa shape index (κ2) is 6.56. The largest absolute Gasteiger partial charge is 0.451 e. The highest BCUT2D eigenvalue weighted by atomic mass is 79.9. The van der Waals surface area contributed by atoms with Crippen molar-refractivity contribution in [2.75, 3.05) is 0 Å². The molecule has 0 aliphatic heterocycles. The Labute approximate surface area is 150 Å². The van der Waals surface area contributed by atoms with E-state index in [9.17, 15) is 13.2 Å². The monoisotopic (exact) mass is 428 g/mol. The predicted molar refractivity (Wildman–Crippen MR) is 93.2 cm³/mol. The first kappa shape index (κ1) is 17.0. The summed E-state index contributed by atoms with van der Waals surface area (Å²) in [6, 6.07) is 12.6. The van der Waals surface area contributed by atoms with Gasteiger partial charge >= 0.3 is 5.91 Å². The van der Waals surface area contributed by atoms with Crippen molar-refractivity contribution in [3.8, 4) is 0 Å². The zero-order valence-electron chi connectivity index (χ0n) is 11.9. The van der Waals surface area contributed by atoms with Gasteiger partial charge in [0, 0.05) is 14.9 Å². The Morgan fingerprint density at radius 1 is 1.12 bits per heavy atom. The van der Waals surface area contributed by atoms with E-state index in [1.54, 1.807) is 36.4 Å². The highest BCUT2D eigenvalue weighted by Gasteiger charge is 2.19. The van der Waals surface area contributed by atoms with Crippen LogP contribution in [0.5, 0.6) is 0 Å². The van der Waals surface area contributed by atoms with Crippen LogP contribution in [0.1, 0.15) is 10.6 Å². The SMILES string of the molecule is O=C(NNS(=O)(=O)c1ccccc1Br)c1cc2cc(Cl)ccc2o1. The Hall–Kier alpha value is -1.87. The van der Waals surface area contributed by atoms with Gasteiger partial charge in [0.05, 0.1) is 4.90 Å². The maximum atomic E-state index is 12.2. The third kappa shape index (κ3) is 3.46. The number of halogens is 2. The molecule has 0 saturated carbocycles. The zero-order chi connectivity index (χ0) is 17.3. The number of rotatable bonds is 4. The molecule has 0 bridgehead atoms. The number of carbonyl (C=O) groups excluding carboxylic acids is 1. The van der Waals surface area contributed by atoms with Crippen LogP contribution < -0.4 is 10.3 Å². The maximum Gasteiger partial charge on any atom is 0.301 e. The quantitative estimate of drug-likeness (QED) is 0.622. The molecule has 0 aliphatic carbocycles. The number of hydrogen-bond acceptors (Lipinski definition) is 4. The van der Waals surface area contributed by atoms with Gasteiger partial charge in [0.25, 0.3) is 10.0 Å². The van der Waals surface area contributed by atoms with E-state index in [1.165, 1.54) is 12.1 Å². The average Bonchev–Trinajstić information content (AvgIpc) is 2.96. The molecule has 2 N–H and O–H groups in total. The van der Waals surface area contributed by atoms with Crippen LogP contribution in [-0.4, -0.2) is 14.3 Å². The van der Waals surface area contributed by atoms with Gasteiger partial charge in [-0.05, 0) is 52.3 Å². The van der Waals surface area contributed by atoms with E-state index >= 15 is 0 Å². The first-order valence-corrected chi connectivity index (χ1v) is 9.28. The van der Waals surface area contributed by atoms with Gasteiger partial charge in [-0.3, -0.25) is 10.2 Å². The summed E-state index contributed by atoms with van der Waals surface area (Å²) in [6.45, 7) is 0. The lowest BCUT2D eigenvalue weighted by atomic mass is 10.2. The minimum absolute atomic E-state index is 0.00156. The minimum Gasteiger partial charge on any atom is -0.451 e. The van der Waals surface area contributed by atoms with Gasteiger partial charge < -0.3 is 4.42 Å². The van der Waals surface area contributed by atoms with E-state index in [-0.39, 0.29) is 10.7 Å². The molecule has 0 aliphatic rings. The van der Waals surface area contributed by atoms with Crippen molar-refractivity contribution in [1.29, 1.82) is 0 Å². The number of carbonyl (C=O) groups is 1. The molecule has 0 spiro atoms. The average molecular weight is 430 g/mol. The number of hydrogen-bond donors (Lipinski definition) is 2. The Bertz CT molecular complexity index is 1030. The topological polar surface area (TPSA) is 88.4 Å². The lowest BCUT2D eigenvalue weighted by Gasteiger charge is -2.08. The molecule has 24 heavy (non-hydrogen) atoms. The minimum atomic E-state index is -3.92. The third-order valence-corrected chi connectivity index (χ3v) is 5.62. The van der Waals surface area contributed by atoms with E-state index in [0.717, 1.165) is 0 Å². The predicted octanol–water partition coefficient (Wildman–Crippen LogP) is 3.47. The third-order valence-electron chi connectivity index (χ3n) is 3.13. The molecular formula is C15H10BrClN2O4S. The number of sulfonamides is 1. The van der Waals surface area contributed by atoms with E-state index in [2.05, 4.69) is 21.4 Å². The van der Waals surface area contributed by atoms with Crippen molar-refractivity contribution >= 4 is 54.4 Å². The Kier molecular flexibility index (Phi) is 4.64. The van der Waals surface area contributed by atoms with Gasteiger partial charge in [-0.15, -0.1) is 4.83 Å². The molecule has 0 atom stereocenters. The van der Waals surface area contributed by atoms with Crippen molar-refractivity contribution in [3.05, 3.63) is 63.8 Å². The molecular weight excluding hydrogens is 420 g/mol. The summed E-state index contributed by atoms with van der Waals surface area (Å²) in [5.41, 5.74) is 2.59. The molecule has 0 radical (unpaired) electrons. The van der Waals surface area contributed by atoms with Crippen molar-refractivity contribution < 1.29 is 17.6 Å². The van der Waals surface area contributed by atoms with Crippen LogP contribution in [-0.2, 0) is 10.0 Å². The molecule has 0 fully saturated rings. The first-order chi connectivity index (χ1) is 11.4. The van der Waals surface area contributed by atoms with Gasteiger partial charge in [0.2, 0.25) is 0 Å². The molecule has 3 aromatic rings. The van der Waals surface area contributed by atoms with Crippen LogP contribution >= 0.6 is 27.5 Å². The number of fused-ring (bicyclic) bond motifs is 1. The molecule has 1 amide bonds. The summed E-state index contributed by atoms with van der Waals surface area (Å²) in [7, 11) is -3.92. The van der Waals surface area contributed by atoms with E-state index in [4.69, 9.17) is 16.0 Å². The summed E-state index contributed by atoms with van der Waals surface area (Å²) < 4.78 is 30.1. The lowest BCUT2D eigenvalue weighted by molar-refractivity contribution is 0.0919. The molecule has 124 valence electrons. The number of nitrogens with one attached hydrogen (secondary N) is 2. The summed E-state index contributed by atoms with van der Waals surface area (Å²) in [4.78, 5) is 14.1. The Morgan fingerprint density at radius 2 is 1.88 bits per heavy atom. The maximum absolute atomic E-state index is 12.2. The highest BCUT2D eigenvalue weighted by molar-refractivity contribution is 9.10. The van der Waals surface area contributed by atoms with Crippen molar-refractivity contribution in [3.63, 3.8) is 0 Å². The van der Waals surface area contributed by atoms with Crippen molar-refractivity contribution in [2.45, 2.75) is 4.90 Å². The first-order valence-electron chi connectivity index (χ1n) is 6.62. The van der Waals surface area contributed by atoms with Crippen LogP contribution in [0.4, 0.5) is 0 Å². The van der Waals surface area contributed by atoms with E-state index < -0.39 is 15.9 Å². The number of amides is 1. The van der Waals surface area contributed by atoms with Crippen LogP contribution in [0.3, 0.4) is 0 Å². The van der Waals surface area contributed by atoms with Crippen LogP contribution in [0.25, 0.3) is 11.0 Å². The fourth-order valence-corrected chi connectivity index (χ4v) is 4.04. The van der Waals surface area contributed by atoms with E-state index in [1.807, 2.05) is 4.83 Å². The number of hydrazine groups is 1. The fraction of sp³-hybridized carbons (Fsp3) is 0. The summed E-state index contributed by atoms with van der Waals surface area (Å²) in [5.74, 6) is -0.764. The summed E-state index contributed by atoms with van der Waals surface area (Å²) in [6.07, 6.45) is 0. The van der Waals surface area contributed by atoms with Crippen LogP contribution in [0, 0.1) is 0 Å². The van der Waals surface area contributed by atoms with E-state index in [0.29, 0.717) is 20.5 Å². The molecule has 6 nitrogen and oxygen atoms in total. The number of furan rings is 1. The highest BCUT2D eigenvalue weighted by Crippen LogP contribution is 2.23. The fourth-order valence-electron chi connectivity index (χ4n) is 2.02. The van der Waals surface area contributed by atoms with Crippen molar-refractivity contribution in [2.24, 2.45) is 0 Å². The van der Waals surface area contributed by atoms with Crippen LogP contribution in [0.15, 0.2) is 62.3 Å². The smallest absolute Gasteiger partial charge is 0.301 e. The molecule has 1 aromatic heterocycles. The second-order valence-electron chi connectivity index (χ2n) is 4.78. The Balaban J connectivity index is 1.78. The molecule has 0 saturated heterocycles. The molecule has 1 heterocycles. The van der Waals surface area contributed by atoms with Gasteiger partial charge in [-0.1, -0.05) is 23.7 Å². The normalized spacial score (nSPS) is 11.6. The molecule has 2 aromatic carbocycles.